The maximum atomic E-state index is 12.5. The maximum Gasteiger partial charge on any atom is 0.414 e. The summed E-state index contributed by atoms with van der Waals surface area (Å²) >= 11 is 0. The van der Waals surface area contributed by atoms with Gasteiger partial charge in [0, 0.05) is 25.1 Å². The first-order valence-electron chi connectivity index (χ1n) is 8.48. The van der Waals surface area contributed by atoms with Crippen molar-refractivity contribution in [3.8, 4) is 0 Å². The summed E-state index contributed by atoms with van der Waals surface area (Å²) < 4.78 is 5.57. The van der Waals surface area contributed by atoms with Crippen molar-refractivity contribution in [2.75, 3.05) is 11.9 Å². The van der Waals surface area contributed by atoms with Gasteiger partial charge < -0.3 is 9.64 Å². The summed E-state index contributed by atoms with van der Waals surface area (Å²) in [4.78, 5) is 16.6. The number of carbonyl (C=O) groups is 1. The number of aryl methyl sites for hydroxylation is 1. The molecule has 0 radical (unpaired) electrons. The number of hydrogen-bond acceptors (Lipinski definition) is 5. The van der Waals surface area contributed by atoms with E-state index in [-0.39, 0.29) is 17.7 Å². The average Bonchev–Trinajstić information content (AvgIpc) is 2.94. The van der Waals surface area contributed by atoms with Crippen LogP contribution in [0.25, 0.3) is 0 Å². The van der Waals surface area contributed by atoms with Gasteiger partial charge in [-0.2, -0.15) is 5.10 Å². The van der Waals surface area contributed by atoms with E-state index in [2.05, 4.69) is 28.2 Å². The molecular weight excluding hydrogens is 304 g/mol. The zero-order chi connectivity index (χ0) is 17.3. The van der Waals surface area contributed by atoms with Crippen LogP contribution in [0.2, 0.25) is 0 Å². The molecule has 1 saturated carbocycles. The minimum Gasteiger partial charge on any atom is -0.443 e. The molecule has 1 amide bonds. The second kappa shape index (κ2) is 4.71. The van der Waals surface area contributed by atoms with Crippen LogP contribution < -0.4 is 4.90 Å². The fraction of sp³-hybridized carbons (Fsp3) is 0.611. The lowest BCUT2D eigenvalue weighted by atomic mass is 9.61. The summed E-state index contributed by atoms with van der Waals surface area (Å²) in [6.07, 6.45) is 3.84. The zero-order valence-corrected chi connectivity index (χ0v) is 14.9. The number of rotatable bonds is 2. The molecule has 0 saturated heterocycles. The summed E-state index contributed by atoms with van der Waals surface area (Å²) in [5.41, 5.74) is 1.59. The van der Waals surface area contributed by atoms with Crippen LogP contribution in [0.5, 0.6) is 0 Å². The van der Waals surface area contributed by atoms with Crippen molar-refractivity contribution in [2.24, 2.45) is 5.92 Å². The molecule has 0 aromatic carbocycles. The van der Waals surface area contributed by atoms with E-state index >= 15 is 0 Å². The SMILES string of the molecule is Cc1ccc(N(C)[C@]23CC4=CC2C(C3)N4C(=O)OC(C)(C)C)nn1. The van der Waals surface area contributed by atoms with Crippen LogP contribution in [0.1, 0.15) is 39.3 Å². The Bertz CT molecular complexity index is 722. The van der Waals surface area contributed by atoms with Gasteiger partial charge in [0.05, 0.1) is 17.3 Å². The number of piperidine rings is 2. The molecule has 3 atom stereocenters. The topological polar surface area (TPSA) is 58.6 Å². The number of nitrogens with zero attached hydrogens (tertiary/aromatic N) is 4. The first kappa shape index (κ1) is 15.4. The smallest absolute Gasteiger partial charge is 0.414 e. The highest BCUT2D eigenvalue weighted by Crippen LogP contribution is 2.62. The monoisotopic (exact) mass is 328 g/mol. The Hall–Kier alpha value is -2.11. The molecule has 2 unspecified atom stereocenters. The molecule has 6 heteroatoms. The van der Waals surface area contributed by atoms with Crippen molar-refractivity contribution in [1.82, 2.24) is 15.1 Å². The highest BCUT2D eigenvalue weighted by atomic mass is 16.6. The van der Waals surface area contributed by atoms with E-state index < -0.39 is 5.60 Å². The van der Waals surface area contributed by atoms with E-state index in [1.807, 2.05) is 44.7 Å². The summed E-state index contributed by atoms with van der Waals surface area (Å²) in [7, 11) is 2.09. The lowest BCUT2D eigenvalue weighted by Gasteiger charge is -2.60. The van der Waals surface area contributed by atoms with Crippen molar-refractivity contribution < 1.29 is 9.53 Å². The molecule has 1 aliphatic heterocycles. The van der Waals surface area contributed by atoms with Gasteiger partial charge >= 0.3 is 6.09 Å². The van der Waals surface area contributed by atoms with Crippen molar-refractivity contribution in [2.45, 2.75) is 57.7 Å². The van der Waals surface area contributed by atoms with Crippen LogP contribution in [0, 0.1) is 12.8 Å². The normalized spacial score (nSPS) is 30.0. The van der Waals surface area contributed by atoms with Gasteiger partial charge in [-0.25, -0.2) is 4.79 Å². The van der Waals surface area contributed by atoms with Gasteiger partial charge in [0.1, 0.15) is 5.60 Å². The molecule has 6 nitrogen and oxygen atoms in total. The molecule has 1 fully saturated rings. The first-order valence-corrected chi connectivity index (χ1v) is 8.48. The molecule has 4 rings (SSSR count). The zero-order valence-electron chi connectivity index (χ0n) is 14.9. The average molecular weight is 328 g/mol. The minimum atomic E-state index is -0.464. The lowest BCUT2D eigenvalue weighted by Crippen LogP contribution is -2.70. The van der Waals surface area contributed by atoms with Crippen molar-refractivity contribution in [3.63, 3.8) is 0 Å². The number of aromatic nitrogens is 2. The lowest BCUT2D eigenvalue weighted by molar-refractivity contribution is -0.0223. The van der Waals surface area contributed by atoms with Gasteiger partial charge in [0.25, 0.3) is 0 Å². The summed E-state index contributed by atoms with van der Waals surface area (Å²) in [6.45, 7) is 7.65. The summed E-state index contributed by atoms with van der Waals surface area (Å²) in [6, 6.07) is 4.24. The Kier molecular flexibility index (Phi) is 3.03. The molecule has 0 spiro atoms. The Morgan fingerprint density at radius 1 is 1.38 bits per heavy atom. The third-order valence-corrected chi connectivity index (χ3v) is 5.48. The molecule has 2 bridgehead atoms. The van der Waals surface area contributed by atoms with E-state index in [0.717, 1.165) is 30.1 Å². The number of anilines is 1. The third kappa shape index (κ3) is 2.05. The minimum absolute atomic E-state index is 0.0441. The fourth-order valence-corrected chi connectivity index (χ4v) is 4.33. The number of carbonyl (C=O) groups excluding carboxylic acids is 1. The molecule has 0 N–H and O–H groups in total. The predicted octanol–water partition coefficient (Wildman–Crippen LogP) is 2.89. The van der Waals surface area contributed by atoms with Gasteiger partial charge in [0.2, 0.25) is 0 Å². The molecule has 128 valence electrons. The van der Waals surface area contributed by atoms with Gasteiger partial charge in [-0.3, -0.25) is 4.90 Å². The summed E-state index contributed by atoms with van der Waals surface area (Å²) in [5.74, 6) is 1.25. The van der Waals surface area contributed by atoms with E-state index in [4.69, 9.17) is 4.74 Å². The summed E-state index contributed by atoms with van der Waals surface area (Å²) in [5, 5.41) is 8.50. The number of likely N-dealkylation sites (tertiary alicyclic amines) is 1. The quantitative estimate of drug-likeness (QED) is 0.835. The van der Waals surface area contributed by atoms with Crippen LogP contribution in [0.15, 0.2) is 23.9 Å². The van der Waals surface area contributed by atoms with Crippen LogP contribution in [-0.4, -0.2) is 45.4 Å². The first-order chi connectivity index (χ1) is 11.2. The van der Waals surface area contributed by atoms with E-state index in [1.54, 1.807) is 0 Å². The largest absolute Gasteiger partial charge is 0.443 e. The van der Waals surface area contributed by atoms with Crippen molar-refractivity contribution >= 4 is 11.9 Å². The molecule has 1 aromatic heterocycles. The van der Waals surface area contributed by atoms with Crippen LogP contribution in [0.4, 0.5) is 10.6 Å². The third-order valence-electron chi connectivity index (χ3n) is 5.48. The highest BCUT2D eigenvalue weighted by molar-refractivity contribution is 5.74. The number of amides is 1. The van der Waals surface area contributed by atoms with Crippen molar-refractivity contribution in [1.29, 1.82) is 0 Å². The standard InChI is InChI=1S/C18H24N4O2/c1-11-6-7-15(20-19-11)21(5)18-9-12-8-13(18)14(10-18)22(12)16(23)24-17(2,3)4/h6-8,13-14H,9-10H2,1-5H3/t13?,14?,18-/m0/s1. The van der Waals surface area contributed by atoms with Crippen LogP contribution in [-0.2, 0) is 4.74 Å². The molecule has 1 aromatic rings. The Balaban J connectivity index is 1.51. The van der Waals surface area contributed by atoms with Crippen molar-refractivity contribution in [3.05, 3.63) is 29.6 Å². The Morgan fingerprint density at radius 3 is 2.67 bits per heavy atom. The Labute approximate surface area is 142 Å². The maximum absolute atomic E-state index is 12.5. The molecule has 24 heavy (non-hydrogen) atoms. The van der Waals surface area contributed by atoms with Gasteiger partial charge in [-0.05, 0) is 46.2 Å². The van der Waals surface area contributed by atoms with Gasteiger partial charge in [-0.1, -0.05) is 6.08 Å². The van der Waals surface area contributed by atoms with Crippen LogP contribution in [0.3, 0.4) is 0 Å². The van der Waals surface area contributed by atoms with E-state index in [9.17, 15) is 4.79 Å². The molecular formula is C18H24N4O2. The molecule has 3 aliphatic rings. The van der Waals surface area contributed by atoms with Crippen LogP contribution >= 0.6 is 0 Å². The molecule has 2 aliphatic carbocycles. The highest BCUT2D eigenvalue weighted by Gasteiger charge is 2.67. The van der Waals surface area contributed by atoms with Gasteiger partial charge in [0.15, 0.2) is 5.82 Å². The predicted molar refractivity (Wildman–Crippen MR) is 90.6 cm³/mol. The number of hydrogen-bond donors (Lipinski definition) is 0. The fourth-order valence-electron chi connectivity index (χ4n) is 4.33. The molecule has 2 heterocycles. The number of ether oxygens (including phenoxy) is 1. The van der Waals surface area contributed by atoms with E-state index in [1.165, 1.54) is 0 Å². The van der Waals surface area contributed by atoms with Gasteiger partial charge in [-0.15, -0.1) is 5.10 Å². The van der Waals surface area contributed by atoms with E-state index in [0.29, 0.717) is 5.92 Å². The second-order valence-electron chi connectivity index (χ2n) is 8.18. The Morgan fingerprint density at radius 2 is 2.12 bits per heavy atom. The second-order valence-corrected chi connectivity index (χ2v) is 8.18.